The average molecular weight is 281 g/mol. The molecule has 0 radical (unpaired) electrons. The van der Waals surface area contributed by atoms with Gasteiger partial charge in [0.1, 0.15) is 0 Å². The summed E-state index contributed by atoms with van der Waals surface area (Å²) >= 11 is 0. The van der Waals surface area contributed by atoms with E-state index >= 15 is 0 Å². The summed E-state index contributed by atoms with van der Waals surface area (Å²) < 4.78 is 0. The zero-order valence-electron chi connectivity index (χ0n) is 13.7. The third-order valence-electron chi connectivity index (χ3n) is 5.18. The molecule has 2 saturated heterocycles. The molecule has 0 aromatic carbocycles. The van der Waals surface area contributed by atoms with E-state index in [0.717, 1.165) is 12.0 Å². The third-order valence-corrected chi connectivity index (χ3v) is 5.18. The minimum absolute atomic E-state index is 0.664. The van der Waals surface area contributed by atoms with Crippen molar-refractivity contribution in [3.63, 3.8) is 0 Å². The third kappa shape index (κ3) is 6.11. The first-order valence-corrected chi connectivity index (χ1v) is 8.89. The number of likely N-dealkylation sites (tertiary alicyclic amines) is 1. The van der Waals surface area contributed by atoms with Gasteiger partial charge in [0.15, 0.2) is 0 Å². The van der Waals surface area contributed by atoms with E-state index < -0.39 is 0 Å². The van der Waals surface area contributed by atoms with Crippen LogP contribution in [0.5, 0.6) is 0 Å². The Hall–Kier alpha value is -0.120. The van der Waals surface area contributed by atoms with Crippen molar-refractivity contribution in [1.29, 1.82) is 0 Å². The maximum absolute atomic E-state index is 3.76. The Morgan fingerprint density at radius 1 is 1.15 bits per heavy atom. The quantitative estimate of drug-likeness (QED) is 0.784. The highest BCUT2D eigenvalue weighted by Crippen LogP contribution is 2.19. The van der Waals surface area contributed by atoms with Gasteiger partial charge in [0.05, 0.1) is 0 Å². The molecule has 0 aliphatic carbocycles. The number of nitrogens with zero attached hydrogens (tertiary/aromatic N) is 1. The molecule has 2 aliphatic heterocycles. The van der Waals surface area contributed by atoms with E-state index in [-0.39, 0.29) is 0 Å². The van der Waals surface area contributed by atoms with Gasteiger partial charge in [-0.3, -0.25) is 0 Å². The Bertz CT molecular complexity index is 241. The summed E-state index contributed by atoms with van der Waals surface area (Å²) in [4.78, 5) is 2.46. The van der Waals surface area contributed by atoms with Crippen LogP contribution in [0, 0.1) is 5.92 Å². The fraction of sp³-hybridized carbons (Fsp3) is 1.00. The first-order chi connectivity index (χ1) is 9.74. The molecule has 0 aromatic heterocycles. The van der Waals surface area contributed by atoms with Gasteiger partial charge in [0.2, 0.25) is 0 Å². The molecule has 2 heterocycles. The van der Waals surface area contributed by atoms with Gasteiger partial charge in [-0.05, 0) is 84.6 Å². The number of piperidine rings is 1. The summed E-state index contributed by atoms with van der Waals surface area (Å²) in [7, 11) is 2.25. The maximum Gasteiger partial charge on any atom is 0.00817 e. The van der Waals surface area contributed by atoms with Crippen molar-refractivity contribution in [3.8, 4) is 0 Å². The van der Waals surface area contributed by atoms with Crippen LogP contribution in [0.15, 0.2) is 0 Å². The van der Waals surface area contributed by atoms with E-state index in [1.54, 1.807) is 0 Å². The second-order valence-electron chi connectivity index (χ2n) is 7.13. The van der Waals surface area contributed by atoms with Crippen LogP contribution in [0.2, 0.25) is 0 Å². The summed E-state index contributed by atoms with van der Waals surface area (Å²) in [5.74, 6) is 0.960. The number of nitrogens with one attached hydrogen (secondary N) is 2. The smallest absolute Gasteiger partial charge is 0.00817 e. The Balaban J connectivity index is 1.54. The lowest BCUT2D eigenvalue weighted by molar-refractivity contribution is 0.210. The molecule has 0 saturated carbocycles. The molecule has 2 aliphatic rings. The van der Waals surface area contributed by atoms with Crippen molar-refractivity contribution in [2.45, 2.75) is 70.4 Å². The maximum atomic E-state index is 3.76. The number of hydrogen-bond acceptors (Lipinski definition) is 3. The molecule has 0 amide bonds. The van der Waals surface area contributed by atoms with Crippen molar-refractivity contribution < 1.29 is 0 Å². The van der Waals surface area contributed by atoms with Crippen molar-refractivity contribution in [1.82, 2.24) is 15.5 Å². The van der Waals surface area contributed by atoms with Gasteiger partial charge in [0.25, 0.3) is 0 Å². The zero-order chi connectivity index (χ0) is 14.2. The Morgan fingerprint density at radius 2 is 1.95 bits per heavy atom. The van der Waals surface area contributed by atoms with E-state index in [1.165, 1.54) is 77.5 Å². The highest BCUT2D eigenvalue weighted by molar-refractivity contribution is 4.77. The first-order valence-electron chi connectivity index (χ1n) is 8.89. The topological polar surface area (TPSA) is 27.3 Å². The van der Waals surface area contributed by atoms with E-state index in [9.17, 15) is 0 Å². The molecule has 3 heteroatoms. The van der Waals surface area contributed by atoms with Gasteiger partial charge in [0, 0.05) is 12.1 Å². The van der Waals surface area contributed by atoms with Crippen LogP contribution in [-0.2, 0) is 0 Å². The SMILES string of the molecule is CC(CC1CCCCCN1)NCCC1CCN(C)CC1. The van der Waals surface area contributed by atoms with E-state index in [0.29, 0.717) is 6.04 Å². The molecule has 118 valence electrons. The average Bonchev–Trinajstić information content (AvgIpc) is 2.70. The predicted molar refractivity (Wildman–Crippen MR) is 87.2 cm³/mol. The largest absolute Gasteiger partial charge is 0.314 e. The van der Waals surface area contributed by atoms with Gasteiger partial charge in [-0.15, -0.1) is 0 Å². The molecule has 2 fully saturated rings. The van der Waals surface area contributed by atoms with Gasteiger partial charge in [-0.25, -0.2) is 0 Å². The Morgan fingerprint density at radius 3 is 2.75 bits per heavy atom. The molecule has 20 heavy (non-hydrogen) atoms. The normalized spacial score (nSPS) is 28.2. The van der Waals surface area contributed by atoms with E-state index in [4.69, 9.17) is 0 Å². The lowest BCUT2D eigenvalue weighted by Gasteiger charge is -2.29. The van der Waals surface area contributed by atoms with Gasteiger partial charge >= 0.3 is 0 Å². The van der Waals surface area contributed by atoms with Gasteiger partial charge in [-0.1, -0.05) is 12.8 Å². The molecule has 0 spiro atoms. The molecular formula is C17H35N3. The van der Waals surface area contributed by atoms with Crippen LogP contribution >= 0.6 is 0 Å². The molecule has 2 rings (SSSR count). The van der Waals surface area contributed by atoms with Crippen LogP contribution in [0.3, 0.4) is 0 Å². The highest BCUT2D eigenvalue weighted by Gasteiger charge is 2.17. The second-order valence-corrected chi connectivity index (χ2v) is 7.13. The van der Waals surface area contributed by atoms with Crippen LogP contribution in [-0.4, -0.2) is 50.2 Å². The molecule has 0 aromatic rings. The zero-order valence-corrected chi connectivity index (χ0v) is 13.7. The molecule has 2 atom stereocenters. The van der Waals surface area contributed by atoms with Gasteiger partial charge in [-0.2, -0.15) is 0 Å². The minimum atomic E-state index is 0.664. The summed E-state index contributed by atoms with van der Waals surface area (Å²) in [6.45, 7) is 7.40. The number of rotatable bonds is 6. The minimum Gasteiger partial charge on any atom is -0.314 e. The summed E-state index contributed by atoms with van der Waals surface area (Å²) in [5.41, 5.74) is 0. The molecular weight excluding hydrogens is 246 g/mol. The molecule has 0 bridgehead atoms. The lowest BCUT2D eigenvalue weighted by atomic mass is 9.93. The Labute approximate surface area is 125 Å². The molecule has 3 nitrogen and oxygen atoms in total. The summed E-state index contributed by atoms with van der Waals surface area (Å²) in [6, 6.07) is 1.42. The predicted octanol–water partition coefficient (Wildman–Crippen LogP) is 2.62. The second kappa shape index (κ2) is 9.01. The standard InChI is InChI=1S/C17H35N3/c1-15(14-17-6-4-3-5-10-19-17)18-11-7-16-8-12-20(2)13-9-16/h15-19H,3-14H2,1-2H3. The number of hydrogen-bond donors (Lipinski definition) is 2. The Kier molecular flexibility index (Phi) is 7.32. The fourth-order valence-corrected chi connectivity index (χ4v) is 3.70. The first kappa shape index (κ1) is 16.3. The van der Waals surface area contributed by atoms with Crippen molar-refractivity contribution in [2.24, 2.45) is 5.92 Å². The van der Waals surface area contributed by atoms with Crippen LogP contribution in [0.1, 0.15) is 58.3 Å². The lowest BCUT2D eigenvalue weighted by Crippen LogP contribution is -2.38. The highest BCUT2D eigenvalue weighted by atomic mass is 15.1. The summed E-state index contributed by atoms with van der Waals surface area (Å²) in [6.07, 6.45) is 11.0. The van der Waals surface area contributed by atoms with Crippen LogP contribution in [0.25, 0.3) is 0 Å². The molecule has 2 unspecified atom stereocenters. The molecule has 2 N–H and O–H groups in total. The van der Waals surface area contributed by atoms with Crippen molar-refractivity contribution in [3.05, 3.63) is 0 Å². The van der Waals surface area contributed by atoms with Gasteiger partial charge < -0.3 is 15.5 Å². The van der Waals surface area contributed by atoms with Crippen LogP contribution < -0.4 is 10.6 Å². The van der Waals surface area contributed by atoms with E-state index in [2.05, 4.69) is 29.5 Å². The van der Waals surface area contributed by atoms with Crippen LogP contribution in [0.4, 0.5) is 0 Å². The van der Waals surface area contributed by atoms with Crippen molar-refractivity contribution in [2.75, 3.05) is 33.2 Å². The van der Waals surface area contributed by atoms with E-state index in [1.807, 2.05) is 0 Å². The fourth-order valence-electron chi connectivity index (χ4n) is 3.70. The monoisotopic (exact) mass is 281 g/mol. The van der Waals surface area contributed by atoms with Crippen molar-refractivity contribution >= 4 is 0 Å². The summed E-state index contributed by atoms with van der Waals surface area (Å²) in [5, 5.41) is 7.47.